The molecule has 2 aromatic heterocycles. The van der Waals surface area contributed by atoms with Crippen LogP contribution in [-0.2, 0) is 16.1 Å². The first-order valence-electron chi connectivity index (χ1n) is 9.46. The van der Waals surface area contributed by atoms with Crippen molar-refractivity contribution < 1.29 is 14.3 Å². The lowest BCUT2D eigenvalue weighted by molar-refractivity contribution is -0.00522. The number of aromatic nitrogens is 5. The summed E-state index contributed by atoms with van der Waals surface area (Å²) in [5.74, 6) is -0.0969. The smallest absolute Gasteiger partial charge is 0.357 e. The molecule has 3 heterocycles. The average molecular weight is 394 g/mol. The molecule has 0 bridgehead atoms. The number of ether oxygens (including phenoxy) is 2. The van der Waals surface area contributed by atoms with E-state index < -0.39 is 5.97 Å². The van der Waals surface area contributed by atoms with Crippen LogP contribution in [0.4, 0.5) is 5.69 Å². The molecule has 0 unspecified atom stereocenters. The van der Waals surface area contributed by atoms with E-state index in [1.54, 1.807) is 12.3 Å². The standard InChI is InChI=1S/C20H22N6O3/c1-14-11-25(12-15(2)29-14)17-8-9-21-18(10-17)20(27)28-13-19-22-23-24-26(19)16-6-4-3-5-7-16/h3-10,14-15H,11-13H2,1-2H3/t14-,15-/m0/s1. The number of nitrogens with zero attached hydrogens (tertiary/aromatic N) is 6. The molecule has 0 spiro atoms. The molecule has 0 amide bonds. The minimum absolute atomic E-state index is 0.0573. The maximum atomic E-state index is 12.5. The minimum Gasteiger partial charge on any atom is -0.453 e. The Balaban J connectivity index is 1.44. The predicted octanol–water partition coefficient (Wildman–Crippen LogP) is 2.03. The fourth-order valence-corrected chi connectivity index (χ4v) is 3.39. The zero-order valence-electron chi connectivity index (χ0n) is 16.3. The summed E-state index contributed by atoms with van der Waals surface area (Å²) in [6.07, 6.45) is 1.86. The highest BCUT2D eigenvalue weighted by atomic mass is 16.5. The van der Waals surface area contributed by atoms with Crippen LogP contribution in [0.25, 0.3) is 5.69 Å². The summed E-state index contributed by atoms with van der Waals surface area (Å²) < 4.78 is 12.7. The van der Waals surface area contributed by atoms with Gasteiger partial charge in [0.15, 0.2) is 12.4 Å². The van der Waals surface area contributed by atoms with Crippen LogP contribution < -0.4 is 4.90 Å². The normalized spacial score (nSPS) is 19.2. The molecule has 0 radical (unpaired) electrons. The van der Waals surface area contributed by atoms with Crippen molar-refractivity contribution in [1.29, 1.82) is 0 Å². The van der Waals surface area contributed by atoms with Crippen LogP contribution in [0.5, 0.6) is 0 Å². The number of esters is 1. The maximum absolute atomic E-state index is 12.5. The quantitative estimate of drug-likeness (QED) is 0.607. The zero-order valence-corrected chi connectivity index (χ0v) is 16.3. The Labute approximate surface area is 168 Å². The van der Waals surface area contributed by atoms with Gasteiger partial charge < -0.3 is 14.4 Å². The van der Waals surface area contributed by atoms with Crippen molar-refractivity contribution in [3.8, 4) is 5.69 Å². The van der Waals surface area contributed by atoms with Crippen LogP contribution in [-0.4, -0.2) is 56.5 Å². The molecule has 9 nitrogen and oxygen atoms in total. The lowest BCUT2D eigenvalue weighted by Gasteiger charge is -2.36. The summed E-state index contributed by atoms with van der Waals surface area (Å²) in [5.41, 5.74) is 1.95. The van der Waals surface area contributed by atoms with Gasteiger partial charge in [-0.15, -0.1) is 5.10 Å². The number of carbonyl (C=O) groups excluding carboxylic acids is 1. The summed E-state index contributed by atoms with van der Waals surface area (Å²) in [6.45, 7) is 5.54. The number of hydrogen-bond acceptors (Lipinski definition) is 8. The van der Waals surface area contributed by atoms with Crippen LogP contribution in [0.2, 0.25) is 0 Å². The topological polar surface area (TPSA) is 95.3 Å². The van der Waals surface area contributed by atoms with Crippen LogP contribution >= 0.6 is 0 Å². The number of para-hydroxylation sites is 1. The monoisotopic (exact) mass is 394 g/mol. The molecule has 0 aliphatic carbocycles. The van der Waals surface area contributed by atoms with E-state index in [9.17, 15) is 4.79 Å². The second kappa shape index (κ2) is 8.36. The van der Waals surface area contributed by atoms with Crippen LogP contribution in [0.3, 0.4) is 0 Å². The van der Waals surface area contributed by atoms with E-state index in [0.717, 1.165) is 24.5 Å². The van der Waals surface area contributed by atoms with Gasteiger partial charge in [0.25, 0.3) is 0 Å². The van der Waals surface area contributed by atoms with Crippen molar-refractivity contribution in [2.75, 3.05) is 18.0 Å². The van der Waals surface area contributed by atoms with Gasteiger partial charge in [0.1, 0.15) is 5.69 Å². The molecule has 1 saturated heterocycles. The summed E-state index contributed by atoms with van der Waals surface area (Å²) in [5, 5.41) is 11.6. The molecule has 0 saturated carbocycles. The van der Waals surface area contributed by atoms with E-state index in [2.05, 4.69) is 25.4 Å². The van der Waals surface area contributed by atoms with Crippen molar-refractivity contribution in [3.63, 3.8) is 0 Å². The third-order valence-electron chi connectivity index (χ3n) is 4.60. The fourth-order valence-electron chi connectivity index (χ4n) is 3.39. The molecular weight excluding hydrogens is 372 g/mol. The van der Waals surface area contributed by atoms with Gasteiger partial charge in [-0.05, 0) is 48.5 Å². The summed E-state index contributed by atoms with van der Waals surface area (Å²) in [6, 6.07) is 13.0. The second-order valence-corrected chi connectivity index (χ2v) is 6.98. The number of hydrogen-bond donors (Lipinski definition) is 0. The van der Waals surface area contributed by atoms with E-state index in [4.69, 9.17) is 9.47 Å². The first kappa shape index (κ1) is 19.0. The van der Waals surface area contributed by atoms with E-state index >= 15 is 0 Å². The Morgan fingerprint density at radius 3 is 2.66 bits per heavy atom. The van der Waals surface area contributed by atoms with Gasteiger partial charge in [-0.3, -0.25) is 0 Å². The number of anilines is 1. The lowest BCUT2D eigenvalue weighted by Crippen LogP contribution is -2.45. The largest absolute Gasteiger partial charge is 0.453 e. The van der Waals surface area contributed by atoms with Gasteiger partial charge in [-0.1, -0.05) is 18.2 Å². The summed E-state index contributed by atoms with van der Waals surface area (Å²) in [7, 11) is 0. The minimum atomic E-state index is -0.524. The maximum Gasteiger partial charge on any atom is 0.357 e. The summed E-state index contributed by atoms with van der Waals surface area (Å²) in [4.78, 5) is 18.9. The molecule has 1 aromatic carbocycles. The molecule has 0 N–H and O–H groups in total. The molecule has 29 heavy (non-hydrogen) atoms. The van der Waals surface area contributed by atoms with E-state index in [1.807, 2.05) is 50.2 Å². The molecule has 1 aliphatic rings. The van der Waals surface area contributed by atoms with Gasteiger partial charge in [-0.2, -0.15) is 4.68 Å². The van der Waals surface area contributed by atoms with Crippen molar-refractivity contribution in [2.24, 2.45) is 0 Å². The highest BCUT2D eigenvalue weighted by Crippen LogP contribution is 2.21. The van der Waals surface area contributed by atoms with Crippen molar-refractivity contribution in [3.05, 3.63) is 60.2 Å². The van der Waals surface area contributed by atoms with Crippen molar-refractivity contribution >= 4 is 11.7 Å². The Morgan fingerprint density at radius 2 is 1.90 bits per heavy atom. The van der Waals surface area contributed by atoms with Crippen molar-refractivity contribution in [2.45, 2.75) is 32.7 Å². The molecular formula is C20H22N6O3. The lowest BCUT2D eigenvalue weighted by atomic mass is 10.2. The number of carbonyl (C=O) groups is 1. The molecule has 9 heteroatoms. The Hall–Kier alpha value is -3.33. The third-order valence-corrected chi connectivity index (χ3v) is 4.60. The van der Waals surface area contributed by atoms with Crippen molar-refractivity contribution in [1.82, 2.24) is 25.2 Å². The Bertz CT molecular complexity index is 967. The molecule has 2 atom stereocenters. The summed E-state index contributed by atoms with van der Waals surface area (Å²) >= 11 is 0. The third kappa shape index (κ3) is 4.40. The van der Waals surface area contributed by atoms with Gasteiger partial charge in [0.2, 0.25) is 0 Å². The first-order chi connectivity index (χ1) is 14.1. The van der Waals surface area contributed by atoms with Gasteiger partial charge in [0.05, 0.1) is 17.9 Å². The van der Waals surface area contributed by atoms with Gasteiger partial charge in [0, 0.05) is 25.0 Å². The first-order valence-corrected chi connectivity index (χ1v) is 9.46. The number of rotatable bonds is 5. The molecule has 3 aromatic rings. The predicted molar refractivity (Wildman–Crippen MR) is 105 cm³/mol. The fraction of sp³-hybridized carbons (Fsp3) is 0.350. The highest BCUT2D eigenvalue weighted by molar-refractivity contribution is 5.88. The number of tetrazole rings is 1. The molecule has 1 fully saturated rings. The van der Waals surface area contributed by atoms with Gasteiger partial charge >= 0.3 is 5.97 Å². The van der Waals surface area contributed by atoms with E-state index in [0.29, 0.717) is 5.82 Å². The average Bonchev–Trinajstić information content (AvgIpc) is 3.21. The molecule has 150 valence electrons. The van der Waals surface area contributed by atoms with E-state index in [1.165, 1.54) is 4.68 Å². The van der Waals surface area contributed by atoms with Crippen LogP contribution in [0, 0.1) is 0 Å². The Morgan fingerprint density at radius 1 is 1.14 bits per heavy atom. The molecule has 1 aliphatic heterocycles. The van der Waals surface area contributed by atoms with Crippen LogP contribution in [0.15, 0.2) is 48.7 Å². The zero-order chi connectivity index (χ0) is 20.2. The van der Waals surface area contributed by atoms with E-state index in [-0.39, 0.29) is 24.5 Å². The number of pyridine rings is 1. The highest BCUT2D eigenvalue weighted by Gasteiger charge is 2.23. The van der Waals surface area contributed by atoms with Gasteiger partial charge in [-0.25, -0.2) is 9.78 Å². The second-order valence-electron chi connectivity index (χ2n) is 6.98. The number of morpholine rings is 1. The molecule has 4 rings (SSSR count). The Kier molecular flexibility index (Phi) is 5.48. The number of benzene rings is 1. The SMILES string of the molecule is C[C@H]1CN(c2ccnc(C(=O)OCc3nnnn3-c3ccccc3)c2)C[C@H](C)O1. The van der Waals surface area contributed by atoms with Crippen LogP contribution in [0.1, 0.15) is 30.2 Å².